The molecule has 0 bridgehead atoms. The van der Waals surface area contributed by atoms with Gasteiger partial charge in [0, 0.05) is 24.6 Å². The van der Waals surface area contributed by atoms with E-state index in [4.69, 9.17) is 0 Å². The van der Waals surface area contributed by atoms with Crippen molar-refractivity contribution in [2.75, 3.05) is 11.9 Å². The molecule has 0 unspecified atom stereocenters. The van der Waals surface area contributed by atoms with Gasteiger partial charge < -0.3 is 10.3 Å². The fraction of sp³-hybridized carbons (Fsp3) is 0.471. The van der Waals surface area contributed by atoms with Gasteiger partial charge in [0.15, 0.2) is 0 Å². The molecule has 0 amide bonds. The summed E-state index contributed by atoms with van der Waals surface area (Å²) in [5.74, 6) is 0.906. The summed E-state index contributed by atoms with van der Waals surface area (Å²) in [5, 5.41) is 3.48. The predicted octanol–water partition coefficient (Wildman–Crippen LogP) is 3.55. The van der Waals surface area contributed by atoms with E-state index in [0.717, 1.165) is 23.8 Å². The molecule has 4 nitrogen and oxygen atoms in total. The molecular formula is C17H23N3O. The average molecular weight is 285 g/mol. The lowest BCUT2D eigenvalue weighted by Gasteiger charge is -2.21. The number of imidazole rings is 1. The van der Waals surface area contributed by atoms with Crippen molar-refractivity contribution in [3.05, 3.63) is 47.1 Å². The molecule has 3 rings (SSSR count). The Morgan fingerprint density at radius 3 is 2.57 bits per heavy atom. The second-order valence-electron chi connectivity index (χ2n) is 5.90. The van der Waals surface area contributed by atoms with Crippen LogP contribution in [0.5, 0.6) is 0 Å². The van der Waals surface area contributed by atoms with Crippen LogP contribution in [-0.4, -0.2) is 16.1 Å². The van der Waals surface area contributed by atoms with Gasteiger partial charge in [0.05, 0.1) is 5.69 Å². The lowest BCUT2D eigenvalue weighted by atomic mass is 9.87. The Kier molecular flexibility index (Phi) is 4.43. The van der Waals surface area contributed by atoms with Crippen LogP contribution in [0, 0.1) is 5.92 Å². The fourth-order valence-corrected chi connectivity index (χ4v) is 3.16. The average Bonchev–Trinajstić information content (AvgIpc) is 2.95. The van der Waals surface area contributed by atoms with E-state index in [1.807, 2.05) is 24.3 Å². The number of nitrogens with zero attached hydrogens (tertiary/aromatic N) is 1. The summed E-state index contributed by atoms with van der Waals surface area (Å²) in [4.78, 5) is 14.2. The second kappa shape index (κ2) is 6.66. The van der Waals surface area contributed by atoms with Crippen molar-refractivity contribution in [2.45, 2.75) is 38.5 Å². The van der Waals surface area contributed by atoms with Crippen LogP contribution in [0.2, 0.25) is 0 Å². The molecule has 1 fully saturated rings. The zero-order chi connectivity index (χ0) is 14.5. The molecule has 0 atom stereocenters. The maximum atomic E-state index is 11.5. The van der Waals surface area contributed by atoms with Crippen molar-refractivity contribution in [1.82, 2.24) is 9.55 Å². The molecule has 1 aliphatic rings. The Balaban J connectivity index is 1.52. The highest BCUT2D eigenvalue weighted by Crippen LogP contribution is 2.26. The number of hydrogen-bond acceptors (Lipinski definition) is 2. The minimum atomic E-state index is -0.104. The van der Waals surface area contributed by atoms with Crippen LogP contribution in [0.4, 0.5) is 5.69 Å². The summed E-state index contributed by atoms with van der Waals surface area (Å²) in [7, 11) is 0. The number of anilines is 1. The Bertz CT molecular complexity index is 605. The highest BCUT2D eigenvalue weighted by atomic mass is 16.1. The van der Waals surface area contributed by atoms with Gasteiger partial charge in [0.1, 0.15) is 0 Å². The number of benzene rings is 1. The van der Waals surface area contributed by atoms with Crippen LogP contribution >= 0.6 is 0 Å². The molecule has 0 spiro atoms. The van der Waals surface area contributed by atoms with E-state index >= 15 is 0 Å². The molecule has 21 heavy (non-hydrogen) atoms. The maximum absolute atomic E-state index is 11.5. The third-order valence-corrected chi connectivity index (χ3v) is 4.40. The monoisotopic (exact) mass is 285 g/mol. The molecule has 1 aromatic carbocycles. The first-order chi connectivity index (χ1) is 10.3. The molecule has 1 aromatic heterocycles. The lowest BCUT2D eigenvalue weighted by Crippen LogP contribution is -2.14. The Morgan fingerprint density at radius 1 is 1.14 bits per heavy atom. The molecule has 2 aromatic rings. The molecule has 1 heterocycles. The van der Waals surface area contributed by atoms with Gasteiger partial charge in [-0.05, 0) is 36.6 Å². The van der Waals surface area contributed by atoms with Gasteiger partial charge in [-0.15, -0.1) is 0 Å². The van der Waals surface area contributed by atoms with E-state index in [9.17, 15) is 4.79 Å². The largest absolute Gasteiger partial charge is 0.385 e. The van der Waals surface area contributed by atoms with E-state index in [1.54, 1.807) is 17.0 Å². The standard InChI is InChI=1S/C17H23N3O/c21-17-19-12-13-20(17)16-8-6-15(7-9-16)18-11-10-14-4-2-1-3-5-14/h6-9,12-14,18H,1-5,10-11H2,(H,19,21). The Labute approximate surface area is 125 Å². The number of aromatic nitrogens is 2. The normalized spacial score (nSPS) is 16.0. The van der Waals surface area contributed by atoms with Crippen LogP contribution < -0.4 is 11.0 Å². The third kappa shape index (κ3) is 3.57. The van der Waals surface area contributed by atoms with E-state index < -0.39 is 0 Å². The Hall–Kier alpha value is -1.97. The van der Waals surface area contributed by atoms with Crippen LogP contribution in [-0.2, 0) is 0 Å². The minimum absolute atomic E-state index is 0.104. The van der Waals surface area contributed by atoms with Crippen molar-refractivity contribution in [1.29, 1.82) is 0 Å². The van der Waals surface area contributed by atoms with E-state index in [-0.39, 0.29) is 5.69 Å². The van der Waals surface area contributed by atoms with Crippen molar-refractivity contribution < 1.29 is 0 Å². The molecule has 4 heteroatoms. The van der Waals surface area contributed by atoms with Gasteiger partial charge in [-0.2, -0.15) is 0 Å². The number of hydrogen-bond donors (Lipinski definition) is 2. The van der Waals surface area contributed by atoms with Gasteiger partial charge in [0.2, 0.25) is 0 Å². The first kappa shape index (κ1) is 14.0. The van der Waals surface area contributed by atoms with Crippen LogP contribution in [0.1, 0.15) is 38.5 Å². The molecule has 1 aliphatic carbocycles. The summed E-state index contributed by atoms with van der Waals surface area (Å²) in [6.07, 6.45) is 11.7. The summed E-state index contributed by atoms with van der Waals surface area (Å²) < 4.78 is 1.60. The van der Waals surface area contributed by atoms with E-state index in [2.05, 4.69) is 10.3 Å². The summed E-state index contributed by atoms with van der Waals surface area (Å²) in [6, 6.07) is 8.02. The maximum Gasteiger partial charge on any atom is 0.330 e. The van der Waals surface area contributed by atoms with Gasteiger partial charge in [-0.3, -0.25) is 4.57 Å². The van der Waals surface area contributed by atoms with Gasteiger partial charge in [-0.25, -0.2) is 4.79 Å². The lowest BCUT2D eigenvalue weighted by molar-refractivity contribution is 0.345. The first-order valence-electron chi connectivity index (χ1n) is 7.93. The Morgan fingerprint density at radius 2 is 1.90 bits per heavy atom. The second-order valence-corrected chi connectivity index (χ2v) is 5.90. The molecular weight excluding hydrogens is 262 g/mol. The molecule has 2 N–H and O–H groups in total. The minimum Gasteiger partial charge on any atom is -0.385 e. The van der Waals surface area contributed by atoms with Crippen molar-refractivity contribution in [3.8, 4) is 5.69 Å². The molecule has 0 aliphatic heterocycles. The molecule has 0 saturated heterocycles. The van der Waals surface area contributed by atoms with Crippen molar-refractivity contribution in [2.24, 2.45) is 5.92 Å². The highest BCUT2D eigenvalue weighted by Gasteiger charge is 2.12. The number of aromatic amines is 1. The van der Waals surface area contributed by atoms with Crippen LogP contribution in [0.25, 0.3) is 5.69 Å². The zero-order valence-corrected chi connectivity index (χ0v) is 12.3. The number of nitrogens with one attached hydrogen (secondary N) is 2. The van der Waals surface area contributed by atoms with E-state index in [1.165, 1.54) is 38.5 Å². The van der Waals surface area contributed by atoms with Crippen LogP contribution in [0.3, 0.4) is 0 Å². The van der Waals surface area contributed by atoms with Crippen molar-refractivity contribution >= 4 is 5.69 Å². The van der Waals surface area contributed by atoms with Gasteiger partial charge in [-0.1, -0.05) is 32.1 Å². The van der Waals surface area contributed by atoms with Gasteiger partial charge >= 0.3 is 5.69 Å². The molecule has 112 valence electrons. The number of H-pyrrole nitrogens is 1. The van der Waals surface area contributed by atoms with Gasteiger partial charge in [0.25, 0.3) is 0 Å². The molecule has 1 saturated carbocycles. The highest BCUT2D eigenvalue weighted by molar-refractivity contribution is 5.48. The van der Waals surface area contributed by atoms with Crippen molar-refractivity contribution in [3.63, 3.8) is 0 Å². The van der Waals surface area contributed by atoms with E-state index in [0.29, 0.717) is 0 Å². The summed E-state index contributed by atoms with van der Waals surface area (Å²) >= 11 is 0. The van der Waals surface area contributed by atoms with Crippen LogP contribution in [0.15, 0.2) is 41.5 Å². The topological polar surface area (TPSA) is 49.8 Å². The quantitative estimate of drug-likeness (QED) is 0.882. The number of rotatable bonds is 5. The SMILES string of the molecule is O=c1[nH]ccn1-c1ccc(NCCC2CCCCC2)cc1. The fourth-order valence-electron chi connectivity index (χ4n) is 3.16. The summed E-state index contributed by atoms with van der Waals surface area (Å²) in [6.45, 7) is 1.04. The molecule has 0 radical (unpaired) electrons. The smallest absolute Gasteiger partial charge is 0.330 e. The summed E-state index contributed by atoms with van der Waals surface area (Å²) in [5.41, 5.74) is 1.91. The predicted molar refractivity (Wildman–Crippen MR) is 86.1 cm³/mol. The zero-order valence-electron chi connectivity index (χ0n) is 12.3. The first-order valence-corrected chi connectivity index (χ1v) is 7.93. The third-order valence-electron chi connectivity index (χ3n) is 4.40.